The van der Waals surface area contributed by atoms with Gasteiger partial charge in [-0.15, -0.1) is 12.1 Å². The Hall–Kier alpha value is -4.26. The molecule has 57 heavy (non-hydrogen) atoms. The van der Waals surface area contributed by atoms with Crippen LogP contribution in [0.25, 0.3) is 11.5 Å². The summed E-state index contributed by atoms with van der Waals surface area (Å²) in [6, 6.07) is 82.7. The molecule has 0 aliphatic rings. The van der Waals surface area contributed by atoms with E-state index in [0.29, 0.717) is 0 Å². The fraction of sp³-hybridized carbons (Fsp3) is 0.0400. The molecule has 7 heteroatoms. The molecule has 2 nitrogen and oxygen atoms in total. The second-order valence-corrected chi connectivity index (χ2v) is 16.9. The molecule has 8 aromatic carbocycles. The summed E-state index contributed by atoms with van der Waals surface area (Å²) < 4.78 is 0. The Bertz CT molecular complexity index is 1840. The Morgan fingerprint density at radius 3 is 0.544 bits per heavy atom. The van der Waals surface area contributed by atoms with Crippen molar-refractivity contribution in [2.24, 2.45) is 0 Å². The molecule has 0 radical (unpaired) electrons. The quantitative estimate of drug-likeness (QED) is 0.137. The van der Waals surface area contributed by atoms with E-state index in [1.807, 2.05) is 60.7 Å². The van der Waals surface area contributed by atoms with Crippen LogP contribution in [-0.2, 0) is 19.5 Å². The van der Waals surface area contributed by atoms with Crippen molar-refractivity contribution in [3.05, 3.63) is 265 Å². The van der Waals surface area contributed by atoms with Gasteiger partial charge < -0.3 is 36.3 Å². The zero-order valence-corrected chi connectivity index (χ0v) is 36.3. The van der Waals surface area contributed by atoms with Crippen LogP contribution in [-0.4, -0.2) is 0 Å². The summed E-state index contributed by atoms with van der Waals surface area (Å²) >= 11 is 0. The average molecular weight is 907 g/mol. The van der Waals surface area contributed by atoms with Crippen LogP contribution in [0.2, 0.25) is 0 Å². The van der Waals surface area contributed by atoms with E-state index in [9.17, 15) is 0 Å². The maximum absolute atomic E-state index is 8.07. The normalized spacial score (nSPS) is 11.1. The van der Waals surface area contributed by atoms with E-state index in [4.69, 9.17) is 11.5 Å². The van der Waals surface area contributed by atoms with Gasteiger partial charge in [0.25, 0.3) is 0 Å². The molecule has 2 unspecified atom stereocenters. The minimum atomic E-state index is -0.524. The molecule has 0 aromatic heterocycles. The van der Waals surface area contributed by atoms with E-state index in [0.717, 1.165) is 11.1 Å². The molecule has 2 N–H and O–H groups in total. The van der Waals surface area contributed by atoms with Crippen molar-refractivity contribution in [1.29, 1.82) is 0 Å². The van der Waals surface area contributed by atoms with E-state index in [2.05, 4.69) is 182 Å². The Balaban J connectivity index is 0.000000224. The molecule has 0 spiro atoms. The molecule has 8 rings (SSSR count). The van der Waals surface area contributed by atoms with Crippen molar-refractivity contribution >= 4 is 47.7 Å². The van der Waals surface area contributed by atoms with Crippen molar-refractivity contribution in [1.82, 2.24) is 0 Å². The Morgan fingerprint density at radius 2 is 0.386 bits per heavy atom. The van der Waals surface area contributed by atoms with Gasteiger partial charge in [0.05, 0.1) is 0 Å². The van der Waals surface area contributed by atoms with Gasteiger partial charge in [-0.2, -0.15) is 0 Å². The van der Waals surface area contributed by atoms with Crippen LogP contribution in [0.4, 0.5) is 0 Å². The van der Waals surface area contributed by atoms with E-state index < -0.39 is 27.9 Å². The third kappa shape index (κ3) is 14.0. The molecule has 0 fully saturated rings. The second kappa shape index (κ2) is 25.9. The van der Waals surface area contributed by atoms with Gasteiger partial charge in [-0.25, -0.2) is 0 Å². The van der Waals surface area contributed by atoms with Gasteiger partial charge in [0.15, 0.2) is 0 Å². The van der Waals surface area contributed by atoms with Gasteiger partial charge in [0.1, 0.15) is 0 Å². The molecule has 0 amide bonds. The van der Waals surface area contributed by atoms with Crippen molar-refractivity contribution < 1.29 is 44.3 Å². The molecule has 0 aliphatic carbocycles. The van der Waals surface area contributed by atoms with Crippen LogP contribution < -0.4 is 56.6 Å². The van der Waals surface area contributed by atoms with E-state index in [1.54, 1.807) is 0 Å². The maximum Gasteiger partial charge on any atom is 4.00 e. The first-order valence-electron chi connectivity index (χ1n) is 18.1. The molecule has 2 atom stereocenters. The third-order valence-electron chi connectivity index (χ3n) is 8.74. The van der Waals surface area contributed by atoms with Gasteiger partial charge in [-0.05, 0) is 47.7 Å². The summed E-state index contributed by atoms with van der Waals surface area (Å²) in [6.07, 6.45) is 0. The Kier molecular flexibility index (Phi) is 21.4. The molecule has 0 saturated carbocycles. The SMILES string of the molecule is [Cl-].[Cl-].[NH-]C(c1ccccc1)C([NH-])c1ccccc1.[Ru+4].c1ccc(P(c2ccccc2)c2ccccc2)cc1.c1ccc(P(c2ccccc2)c2ccccc2)cc1. The number of benzene rings is 8. The van der Waals surface area contributed by atoms with Crippen LogP contribution in [0.1, 0.15) is 23.2 Å². The van der Waals surface area contributed by atoms with Crippen LogP contribution in [0.15, 0.2) is 243 Å². The van der Waals surface area contributed by atoms with Crippen molar-refractivity contribution in [2.45, 2.75) is 12.1 Å². The summed E-state index contributed by atoms with van der Waals surface area (Å²) in [4.78, 5) is 0. The molecule has 0 aliphatic heterocycles. The number of hydrogen-bond acceptors (Lipinski definition) is 0. The van der Waals surface area contributed by atoms with Gasteiger partial charge in [-0.1, -0.05) is 254 Å². The predicted molar refractivity (Wildman–Crippen MR) is 237 cm³/mol. The van der Waals surface area contributed by atoms with Crippen molar-refractivity contribution in [3.63, 3.8) is 0 Å². The first-order valence-corrected chi connectivity index (χ1v) is 20.8. The van der Waals surface area contributed by atoms with Crippen LogP contribution >= 0.6 is 15.8 Å². The zero-order valence-electron chi connectivity index (χ0n) is 31.3. The molecular weight excluding hydrogens is 862 g/mol. The molecule has 0 saturated heterocycles. The number of rotatable bonds is 9. The number of nitrogens with one attached hydrogen (secondary N) is 2. The summed E-state index contributed by atoms with van der Waals surface area (Å²) in [5.74, 6) is 0. The topological polar surface area (TPSA) is 47.6 Å². The molecular formula is C50H44Cl2N2P2Ru. The smallest absolute Gasteiger partial charge is 1.00 e. The number of hydrogen-bond donors (Lipinski definition) is 0. The maximum atomic E-state index is 8.07. The molecule has 0 heterocycles. The van der Waals surface area contributed by atoms with Crippen LogP contribution in [0.5, 0.6) is 0 Å². The predicted octanol–water partition coefficient (Wildman–Crippen LogP) is 5.47. The largest absolute Gasteiger partial charge is 4.00 e. The summed E-state index contributed by atoms with van der Waals surface area (Å²) in [6.45, 7) is 0. The van der Waals surface area contributed by atoms with E-state index >= 15 is 0 Å². The monoisotopic (exact) mass is 906 g/mol. The molecule has 0 bridgehead atoms. The van der Waals surface area contributed by atoms with E-state index in [1.165, 1.54) is 31.8 Å². The zero-order chi connectivity index (χ0) is 37.2. The Labute approximate surface area is 366 Å². The fourth-order valence-electron chi connectivity index (χ4n) is 6.06. The summed E-state index contributed by atoms with van der Waals surface area (Å²) in [7, 11) is -0.892. The first-order chi connectivity index (χ1) is 26.7. The Morgan fingerprint density at radius 1 is 0.246 bits per heavy atom. The first kappa shape index (κ1) is 47.1. The number of halogens is 2. The van der Waals surface area contributed by atoms with Crippen molar-refractivity contribution in [2.75, 3.05) is 0 Å². The summed E-state index contributed by atoms with van der Waals surface area (Å²) in [5.41, 5.74) is 17.9. The van der Waals surface area contributed by atoms with Crippen LogP contribution in [0.3, 0.4) is 0 Å². The van der Waals surface area contributed by atoms with Gasteiger partial charge in [-0.3, -0.25) is 0 Å². The minimum absolute atomic E-state index is 0. The van der Waals surface area contributed by atoms with Gasteiger partial charge >= 0.3 is 19.5 Å². The molecule has 8 aromatic rings. The minimum Gasteiger partial charge on any atom is -1.00 e. The van der Waals surface area contributed by atoms with Crippen LogP contribution in [0, 0.1) is 0 Å². The van der Waals surface area contributed by atoms with Gasteiger partial charge in [0, 0.05) is 0 Å². The van der Waals surface area contributed by atoms with Gasteiger partial charge in [0.2, 0.25) is 0 Å². The average Bonchev–Trinajstić information content (AvgIpc) is 3.27. The standard InChI is InChI=1S/2C18H15P.C14H14N2.2ClH.Ru/c2*1-4-10-16(11-5-1)19(17-12-6-2-7-13-17)18-14-8-3-9-15-18;15-13(11-7-3-1-4-8-11)14(16)12-9-5-2-6-10-12;;;/h2*1-15H;1-10,13-16H;2*1H;/q;;-2;;;+4/p-2. The third-order valence-corrected chi connectivity index (χ3v) is 13.6. The second-order valence-electron chi connectivity index (χ2n) is 12.5. The summed E-state index contributed by atoms with van der Waals surface area (Å²) in [5, 5.41) is 8.39. The fourth-order valence-corrected chi connectivity index (χ4v) is 10.7. The van der Waals surface area contributed by atoms with Crippen molar-refractivity contribution in [3.8, 4) is 0 Å². The molecule has 286 valence electrons. The van der Waals surface area contributed by atoms with E-state index in [-0.39, 0.29) is 44.3 Å².